The summed E-state index contributed by atoms with van der Waals surface area (Å²) in [6.07, 6.45) is -1.16. The fourth-order valence-electron chi connectivity index (χ4n) is 2.21. The Labute approximate surface area is 134 Å². The van der Waals surface area contributed by atoms with Gasteiger partial charge >= 0.3 is 6.18 Å². The van der Waals surface area contributed by atoms with Gasteiger partial charge in [0.1, 0.15) is 11.4 Å². The number of hydrogen-bond donors (Lipinski definition) is 0. The fourth-order valence-corrected chi connectivity index (χ4v) is 3.22. The van der Waals surface area contributed by atoms with Gasteiger partial charge in [-0.2, -0.15) is 18.3 Å². The Bertz CT molecular complexity index is 827. The average Bonchev–Trinajstić information content (AvgIpc) is 2.89. The van der Waals surface area contributed by atoms with Gasteiger partial charge in [0.2, 0.25) is 0 Å². The van der Waals surface area contributed by atoms with Crippen LogP contribution in [-0.2, 0) is 13.2 Å². The van der Waals surface area contributed by atoms with Crippen molar-refractivity contribution in [3.8, 4) is 0 Å². The van der Waals surface area contributed by atoms with Gasteiger partial charge in [-0.3, -0.25) is 4.68 Å². The summed E-state index contributed by atoms with van der Waals surface area (Å²) in [5, 5.41) is 5.70. The maximum Gasteiger partial charge on any atom is 0.416 e. The summed E-state index contributed by atoms with van der Waals surface area (Å²) in [5.41, 5.74) is 0.885. The molecule has 0 aliphatic heterocycles. The molecule has 4 nitrogen and oxygen atoms in total. The van der Waals surface area contributed by atoms with Gasteiger partial charge in [-0.05, 0) is 24.6 Å². The maximum atomic E-state index is 12.6. The van der Waals surface area contributed by atoms with Crippen molar-refractivity contribution in [2.45, 2.75) is 23.4 Å². The lowest BCUT2D eigenvalue weighted by Crippen LogP contribution is -2.04. The molecule has 1 unspecified atom stereocenters. The number of halogens is 3. The van der Waals surface area contributed by atoms with E-state index in [1.165, 1.54) is 30.2 Å². The van der Waals surface area contributed by atoms with E-state index in [1.54, 1.807) is 17.9 Å². The molecule has 120 valence electrons. The molecular formula is C15H13F3N4S. The Morgan fingerprint density at radius 2 is 1.83 bits per heavy atom. The number of aryl methyl sites for hydroxylation is 1. The zero-order valence-corrected chi connectivity index (χ0v) is 13.2. The van der Waals surface area contributed by atoms with Crippen LogP contribution >= 0.6 is 11.8 Å². The molecule has 0 spiro atoms. The second kappa shape index (κ2) is 5.84. The van der Waals surface area contributed by atoms with Crippen molar-refractivity contribution in [3.63, 3.8) is 0 Å². The molecule has 1 atom stereocenters. The molecule has 0 aliphatic rings. The molecule has 2 aromatic heterocycles. The van der Waals surface area contributed by atoms with Crippen LogP contribution in [0.2, 0.25) is 0 Å². The molecule has 0 fully saturated rings. The van der Waals surface area contributed by atoms with Crippen molar-refractivity contribution in [2.24, 2.45) is 7.05 Å². The quantitative estimate of drug-likeness (QED) is 0.529. The van der Waals surface area contributed by atoms with E-state index in [2.05, 4.69) is 15.1 Å². The van der Waals surface area contributed by atoms with Crippen molar-refractivity contribution in [2.75, 3.05) is 0 Å². The first-order chi connectivity index (χ1) is 10.9. The molecule has 8 heteroatoms. The molecular weight excluding hydrogens is 325 g/mol. The van der Waals surface area contributed by atoms with Crippen molar-refractivity contribution in [1.29, 1.82) is 0 Å². The first-order valence-corrected chi connectivity index (χ1v) is 7.71. The van der Waals surface area contributed by atoms with Gasteiger partial charge < -0.3 is 0 Å². The van der Waals surface area contributed by atoms with Crippen LogP contribution in [-0.4, -0.2) is 19.7 Å². The lowest BCUT2D eigenvalue weighted by atomic mass is 10.1. The number of nitrogens with zero attached hydrogens (tertiary/aromatic N) is 4. The molecule has 0 aliphatic carbocycles. The van der Waals surface area contributed by atoms with E-state index >= 15 is 0 Å². The lowest BCUT2D eigenvalue weighted by Gasteiger charge is -2.13. The second-order valence-corrected chi connectivity index (χ2v) is 6.39. The molecule has 23 heavy (non-hydrogen) atoms. The van der Waals surface area contributed by atoms with E-state index in [9.17, 15) is 13.2 Å². The van der Waals surface area contributed by atoms with Crippen LogP contribution in [0.5, 0.6) is 0 Å². The normalized spacial score (nSPS) is 13.4. The molecule has 0 amide bonds. The third-order valence-electron chi connectivity index (χ3n) is 3.49. The van der Waals surface area contributed by atoms with Crippen molar-refractivity contribution >= 4 is 22.8 Å². The number of thioether (sulfide) groups is 1. The summed E-state index contributed by atoms with van der Waals surface area (Å²) in [6.45, 7) is 1.93. The SMILES string of the molecule is CC(Sc1ncnc2c1cnn2C)c1ccc(C(F)(F)F)cc1. The highest BCUT2D eigenvalue weighted by atomic mass is 32.2. The number of alkyl halides is 3. The standard InChI is InChI=1S/C15H13F3N4S/c1-9(10-3-5-11(6-4-10)15(16,17)18)23-14-12-7-21-22(2)13(12)19-8-20-14/h3-9H,1-2H3. The van der Waals surface area contributed by atoms with Gasteiger partial charge in [0.25, 0.3) is 0 Å². The summed E-state index contributed by atoms with van der Waals surface area (Å²) in [4.78, 5) is 8.43. The summed E-state index contributed by atoms with van der Waals surface area (Å²) >= 11 is 1.47. The third kappa shape index (κ3) is 3.17. The predicted molar refractivity (Wildman–Crippen MR) is 82.0 cm³/mol. The zero-order chi connectivity index (χ0) is 16.6. The summed E-state index contributed by atoms with van der Waals surface area (Å²) in [5.74, 6) is 0. The Morgan fingerprint density at radius 1 is 1.13 bits per heavy atom. The average molecular weight is 338 g/mol. The minimum atomic E-state index is -4.32. The highest BCUT2D eigenvalue weighted by molar-refractivity contribution is 7.99. The van der Waals surface area contributed by atoms with Gasteiger partial charge in [-0.15, -0.1) is 0 Å². The lowest BCUT2D eigenvalue weighted by molar-refractivity contribution is -0.137. The number of hydrogen-bond acceptors (Lipinski definition) is 4. The van der Waals surface area contributed by atoms with E-state index in [0.717, 1.165) is 33.8 Å². The molecule has 0 saturated heterocycles. The van der Waals surface area contributed by atoms with Crippen LogP contribution in [0.3, 0.4) is 0 Å². The second-order valence-electron chi connectivity index (χ2n) is 5.06. The number of rotatable bonds is 3. The highest BCUT2D eigenvalue weighted by Crippen LogP contribution is 2.37. The molecule has 1 aromatic carbocycles. The number of benzene rings is 1. The van der Waals surface area contributed by atoms with Crippen LogP contribution in [0, 0.1) is 0 Å². The largest absolute Gasteiger partial charge is 0.416 e. The van der Waals surface area contributed by atoms with Gasteiger partial charge in [0.05, 0.1) is 17.1 Å². The van der Waals surface area contributed by atoms with E-state index in [-0.39, 0.29) is 5.25 Å². The summed E-state index contributed by atoms with van der Waals surface area (Å²) < 4.78 is 39.5. The van der Waals surface area contributed by atoms with Crippen LogP contribution in [0.25, 0.3) is 11.0 Å². The first kappa shape index (κ1) is 15.8. The fraction of sp³-hybridized carbons (Fsp3) is 0.267. The maximum absolute atomic E-state index is 12.6. The molecule has 0 saturated carbocycles. The van der Waals surface area contributed by atoms with Crippen molar-refractivity contribution in [3.05, 3.63) is 47.9 Å². The topological polar surface area (TPSA) is 43.6 Å². The van der Waals surface area contributed by atoms with Gasteiger partial charge in [-0.25, -0.2) is 9.97 Å². The molecule has 0 N–H and O–H groups in total. The third-order valence-corrected chi connectivity index (χ3v) is 4.66. The highest BCUT2D eigenvalue weighted by Gasteiger charge is 2.30. The molecule has 2 heterocycles. The van der Waals surface area contributed by atoms with E-state index in [1.807, 2.05) is 6.92 Å². The smallest absolute Gasteiger partial charge is 0.250 e. The Hall–Kier alpha value is -2.09. The monoisotopic (exact) mass is 338 g/mol. The van der Waals surface area contributed by atoms with Crippen LogP contribution in [0.1, 0.15) is 23.3 Å². The number of fused-ring (bicyclic) bond motifs is 1. The molecule has 0 bridgehead atoms. The Morgan fingerprint density at radius 3 is 2.48 bits per heavy atom. The first-order valence-electron chi connectivity index (χ1n) is 6.83. The van der Waals surface area contributed by atoms with Gasteiger partial charge in [0.15, 0.2) is 5.65 Å². The molecule has 3 aromatic rings. The minimum Gasteiger partial charge on any atom is -0.250 e. The van der Waals surface area contributed by atoms with Gasteiger partial charge in [0, 0.05) is 12.3 Å². The van der Waals surface area contributed by atoms with Crippen LogP contribution < -0.4 is 0 Å². The van der Waals surface area contributed by atoms with E-state index < -0.39 is 11.7 Å². The minimum absolute atomic E-state index is 0.0458. The van der Waals surface area contributed by atoms with Crippen molar-refractivity contribution in [1.82, 2.24) is 19.7 Å². The van der Waals surface area contributed by atoms with Crippen molar-refractivity contribution < 1.29 is 13.2 Å². The Kier molecular flexibility index (Phi) is 4.01. The van der Waals surface area contributed by atoms with Gasteiger partial charge in [-0.1, -0.05) is 23.9 Å². The number of aromatic nitrogens is 4. The Balaban J connectivity index is 1.84. The van der Waals surface area contributed by atoms with E-state index in [4.69, 9.17) is 0 Å². The molecule has 3 rings (SSSR count). The van der Waals surface area contributed by atoms with Crippen LogP contribution in [0.15, 0.2) is 41.8 Å². The molecule has 0 radical (unpaired) electrons. The summed E-state index contributed by atoms with van der Waals surface area (Å²) in [6, 6.07) is 5.21. The van der Waals surface area contributed by atoms with Crippen LogP contribution in [0.4, 0.5) is 13.2 Å². The predicted octanol–water partition coefficient (Wildman–Crippen LogP) is 4.24. The zero-order valence-electron chi connectivity index (χ0n) is 12.4. The van der Waals surface area contributed by atoms with E-state index in [0.29, 0.717) is 0 Å². The summed E-state index contributed by atoms with van der Waals surface area (Å²) in [7, 11) is 1.79.